The van der Waals surface area contributed by atoms with Crippen LogP contribution in [0.5, 0.6) is 5.75 Å². The summed E-state index contributed by atoms with van der Waals surface area (Å²) in [5.41, 5.74) is 1.61. The summed E-state index contributed by atoms with van der Waals surface area (Å²) in [6.45, 7) is 11.0. The Morgan fingerprint density at radius 1 is 0.919 bits per heavy atom. The lowest BCUT2D eigenvalue weighted by Gasteiger charge is -2.33. The summed E-state index contributed by atoms with van der Waals surface area (Å²) >= 11 is 0. The molecule has 0 aromatic heterocycles. The fourth-order valence-corrected chi connectivity index (χ4v) is 4.70. The van der Waals surface area contributed by atoms with Gasteiger partial charge in [-0.25, -0.2) is 8.78 Å². The zero-order valence-electron chi connectivity index (χ0n) is 22.4. The molecule has 2 amide bonds. The van der Waals surface area contributed by atoms with E-state index < -0.39 is 11.6 Å². The first kappa shape index (κ1) is 28.6. The minimum absolute atomic E-state index is 0.0948. The molecular weight excluding hydrogens is 476 g/mol. The molecule has 1 aliphatic rings. The fourth-order valence-electron chi connectivity index (χ4n) is 4.70. The van der Waals surface area contributed by atoms with Gasteiger partial charge in [0, 0.05) is 51.3 Å². The van der Waals surface area contributed by atoms with Crippen LogP contribution in [0.3, 0.4) is 0 Å². The van der Waals surface area contributed by atoms with Crippen LogP contribution in [0.25, 0.3) is 0 Å². The number of amides is 2. The number of nitrogens with zero attached hydrogens (tertiary/aromatic N) is 3. The van der Waals surface area contributed by atoms with E-state index in [1.54, 1.807) is 16.7 Å². The molecule has 1 aliphatic heterocycles. The van der Waals surface area contributed by atoms with Crippen molar-refractivity contribution in [2.45, 2.75) is 66.0 Å². The van der Waals surface area contributed by atoms with Gasteiger partial charge in [-0.2, -0.15) is 0 Å². The van der Waals surface area contributed by atoms with Gasteiger partial charge in [0.2, 0.25) is 11.8 Å². The highest BCUT2D eigenvalue weighted by Gasteiger charge is 2.25. The zero-order chi connectivity index (χ0) is 26.9. The van der Waals surface area contributed by atoms with Gasteiger partial charge < -0.3 is 19.4 Å². The van der Waals surface area contributed by atoms with Crippen molar-refractivity contribution in [3.05, 3.63) is 59.2 Å². The Labute approximate surface area is 219 Å². The van der Waals surface area contributed by atoms with E-state index in [0.717, 1.165) is 43.0 Å². The quantitative estimate of drug-likeness (QED) is 0.532. The second-order valence-corrected chi connectivity index (χ2v) is 9.70. The summed E-state index contributed by atoms with van der Waals surface area (Å²) in [4.78, 5) is 31.9. The Hall–Kier alpha value is -3.00. The van der Waals surface area contributed by atoms with Crippen LogP contribution in [-0.2, 0) is 22.6 Å². The van der Waals surface area contributed by atoms with E-state index >= 15 is 0 Å². The number of anilines is 1. The molecule has 37 heavy (non-hydrogen) atoms. The maximum absolute atomic E-state index is 14.4. The van der Waals surface area contributed by atoms with E-state index in [9.17, 15) is 18.4 Å². The van der Waals surface area contributed by atoms with Crippen LogP contribution in [0, 0.1) is 11.6 Å². The molecule has 0 saturated carbocycles. The van der Waals surface area contributed by atoms with Crippen molar-refractivity contribution in [1.82, 2.24) is 9.80 Å². The van der Waals surface area contributed by atoms with E-state index in [1.165, 1.54) is 0 Å². The second kappa shape index (κ2) is 13.5. The first-order chi connectivity index (χ1) is 17.7. The molecule has 0 radical (unpaired) electrons. The number of carbonyl (C=O) groups is 2. The number of fused-ring (bicyclic) bond motifs is 1. The number of benzene rings is 2. The molecule has 2 aromatic carbocycles. The number of halogens is 2. The molecule has 0 saturated heterocycles. The standard InChI is InChI=1S/C29H39F2N3O3/c1-5-28(35)34-16-8-14-32(21(3)4)13-7-15-33(20-23-18-25(30)26(31)19-27(23)34)29(36)17-22-9-11-24(12-10-22)37-6-2/h9-12,18-19,21H,5-8,13-17,20H2,1-4H3. The van der Waals surface area contributed by atoms with Crippen LogP contribution in [-0.4, -0.2) is 60.4 Å². The summed E-state index contributed by atoms with van der Waals surface area (Å²) in [7, 11) is 0. The first-order valence-corrected chi connectivity index (χ1v) is 13.2. The van der Waals surface area contributed by atoms with Crippen molar-refractivity contribution in [3.8, 4) is 5.75 Å². The van der Waals surface area contributed by atoms with Crippen LogP contribution >= 0.6 is 0 Å². The molecule has 0 unspecified atom stereocenters. The third-order valence-corrected chi connectivity index (χ3v) is 6.75. The van der Waals surface area contributed by atoms with Gasteiger partial charge in [-0.3, -0.25) is 9.59 Å². The van der Waals surface area contributed by atoms with Gasteiger partial charge in [0.05, 0.1) is 18.7 Å². The molecule has 6 nitrogen and oxygen atoms in total. The van der Waals surface area contributed by atoms with E-state index in [4.69, 9.17) is 4.74 Å². The monoisotopic (exact) mass is 515 g/mol. The van der Waals surface area contributed by atoms with Crippen LogP contribution in [0.1, 0.15) is 58.1 Å². The average molecular weight is 516 g/mol. The van der Waals surface area contributed by atoms with E-state index in [0.29, 0.717) is 43.4 Å². The summed E-state index contributed by atoms with van der Waals surface area (Å²) in [5.74, 6) is -1.52. The topological polar surface area (TPSA) is 53.1 Å². The molecule has 0 atom stereocenters. The predicted octanol–water partition coefficient (Wildman–Crippen LogP) is 5.18. The summed E-state index contributed by atoms with van der Waals surface area (Å²) in [6.07, 6.45) is 1.89. The molecule has 0 fully saturated rings. The number of hydrogen-bond acceptors (Lipinski definition) is 4. The van der Waals surface area contributed by atoms with E-state index in [-0.39, 0.29) is 31.2 Å². The Morgan fingerprint density at radius 2 is 1.57 bits per heavy atom. The van der Waals surface area contributed by atoms with Gasteiger partial charge >= 0.3 is 0 Å². The molecule has 0 N–H and O–H groups in total. The molecule has 3 rings (SSSR count). The minimum Gasteiger partial charge on any atom is -0.494 e. The Kier molecular flexibility index (Phi) is 10.4. The van der Waals surface area contributed by atoms with Gasteiger partial charge in [0.25, 0.3) is 0 Å². The molecule has 0 bridgehead atoms. The SMILES string of the molecule is CCOc1ccc(CC(=O)N2CCCN(C(C)C)CCCN(C(=O)CC)c3cc(F)c(F)cc3C2)cc1. The van der Waals surface area contributed by atoms with Crippen LogP contribution < -0.4 is 9.64 Å². The van der Waals surface area contributed by atoms with E-state index in [1.807, 2.05) is 31.2 Å². The molecule has 8 heteroatoms. The molecule has 2 aromatic rings. The minimum atomic E-state index is -1.00. The summed E-state index contributed by atoms with van der Waals surface area (Å²) in [6, 6.07) is 9.94. The van der Waals surface area contributed by atoms with Crippen molar-refractivity contribution in [2.24, 2.45) is 0 Å². The van der Waals surface area contributed by atoms with Crippen molar-refractivity contribution in [1.29, 1.82) is 0 Å². The third kappa shape index (κ3) is 7.74. The van der Waals surface area contributed by atoms with Crippen molar-refractivity contribution in [2.75, 3.05) is 37.7 Å². The predicted molar refractivity (Wildman–Crippen MR) is 142 cm³/mol. The zero-order valence-corrected chi connectivity index (χ0v) is 22.4. The highest BCUT2D eigenvalue weighted by molar-refractivity contribution is 5.94. The number of ether oxygens (including phenoxy) is 1. The Balaban J connectivity index is 1.95. The average Bonchev–Trinajstić information content (AvgIpc) is 2.86. The highest BCUT2D eigenvalue weighted by atomic mass is 19.2. The van der Waals surface area contributed by atoms with Gasteiger partial charge in [-0.1, -0.05) is 19.1 Å². The molecule has 0 spiro atoms. The lowest BCUT2D eigenvalue weighted by atomic mass is 10.1. The van der Waals surface area contributed by atoms with E-state index in [2.05, 4.69) is 18.7 Å². The maximum atomic E-state index is 14.4. The molecule has 202 valence electrons. The van der Waals surface area contributed by atoms with Gasteiger partial charge in [-0.15, -0.1) is 0 Å². The maximum Gasteiger partial charge on any atom is 0.227 e. The lowest BCUT2D eigenvalue weighted by molar-refractivity contribution is -0.131. The first-order valence-electron chi connectivity index (χ1n) is 13.2. The Bertz CT molecular complexity index is 1060. The number of carbonyl (C=O) groups excluding carboxylic acids is 2. The summed E-state index contributed by atoms with van der Waals surface area (Å²) < 4.78 is 34.3. The van der Waals surface area contributed by atoms with Crippen molar-refractivity contribution < 1.29 is 23.1 Å². The van der Waals surface area contributed by atoms with Crippen LogP contribution in [0.15, 0.2) is 36.4 Å². The second-order valence-electron chi connectivity index (χ2n) is 9.70. The largest absolute Gasteiger partial charge is 0.494 e. The van der Waals surface area contributed by atoms with Crippen LogP contribution in [0.4, 0.5) is 14.5 Å². The highest BCUT2D eigenvalue weighted by Crippen LogP contribution is 2.28. The third-order valence-electron chi connectivity index (χ3n) is 6.75. The smallest absolute Gasteiger partial charge is 0.227 e. The van der Waals surface area contributed by atoms with Gasteiger partial charge in [0.15, 0.2) is 11.6 Å². The number of hydrogen-bond donors (Lipinski definition) is 0. The molecule has 0 aliphatic carbocycles. The van der Waals surface area contributed by atoms with Crippen molar-refractivity contribution in [3.63, 3.8) is 0 Å². The lowest BCUT2D eigenvalue weighted by Crippen LogP contribution is -2.41. The molecule has 1 heterocycles. The van der Waals surface area contributed by atoms with Crippen LogP contribution in [0.2, 0.25) is 0 Å². The number of rotatable bonds is 6. The Morgan fingerprint density at radius 3 is 2.19 bits per heavy atom. The summed E-state index contributed by atoms with van der Waals surface area (Å²) in [5, 5.41) is 0. The fraction of sp³-hybridized carbons (Fsp3) is 0.517. The van der Waals surface area contributed by atoms with Crippen molar-refractivity contribution >= 4 is 17.5 Å². The van der Waals surface area contributed by atoms with Gasteiger partial charge in [0.1, 0.15) is 5.75 Å². The molecular formula is C29H39F2N3O3. The normalized spacial score (nSPS) is 15.6. The van der Waals surface area contributed by atoms with Gasteiger partial charge in [-0.05, 0) is 62.9 Å².